The van der Waals surface area contributed by atoms with Crippen LogP contribution in [-0.2, 0) is 28.6 Å². The van der Waals surface area contributed by atoms with E-state index in [4.69, 9.17) is 14.2 Å². The number of carbonyl (C=O) groups excluding carboxylic acids is 3. The van der Waals surface area contributed by atoms with Gasteiger partial charge in [-0.25, -0.2) is 0 Å². The Morgan fingerprint density at radius 2 is 1.76 bits per heavy atom. The topological polar surface area (TPSA) is 82.1 Å². The first-order valence-corrected chi connectivity index (χ1v) is 12.5. The molecular formula is C26H33NO6. The van der Waals surface area contributed by atoms with Crippen LogP contribution in [0.4, 0.5) is 0 Å². The molecule has 9 bridgehead atoms. The molecule has 2 spiro atoms. The molecule has 9 aliphatic rings. The summed E-state index contributed by atoms with van der Waals surface area (Å²) in [6.07, 6.45) is 4.13. The number of esters is 3. The normalized spacial score (nSPS) is 57.9. The number of fused-ring (bicyclic) bond motifs is 1. The lowest BCUT2D eigenvalue weighted by molar-refractivity contribution is -0.256. The van der Waals surface area contributed by atoms with Gasteiger partial charge in [-0.05, 0) is 42.6 Å². The molecule has 0 aromatic rings. The smallest absolute Gasteiger partial charge is 0.304 e. The number of hydrogen-bond donors (Lipinski definition) is 0. The molecular weight excluding hydrogens is 422 g/mol. The fraction of sp³-hybridized carbons (Fsp3) is 0.808. The second-order valence-corrected chi connectivity index (χ2v) is 12.3. The van der Waals surface area contributed by atoms with E-state index in [1.165, 1.54) is 27.2 Å². The average Bonchev–Trinajstić information content (AvgIpc) is 3.11. The molecule has 12 atom stereocenters. The Morgan fingerprint density at radius 3 is 2.42 bits per heavy atom. The molecule has 3 heterocycles. The van der Waals surface area contributed by atoms with Crippen LogP contribution in [0.2, 0.25) is 0 Å². The number of hydrogen-bond acceptors (Lipinski definition) is 7. The summed E-state index contributed by atoms with van der Waals surface area (Å²) < 4.78 is 18.8. The standard InChI is InChI=1S/C26H33NO6/c1-12-16-9-18-24(22(12)32-14(3)29)10-17-20-23(5)7-6-8-25(20,21(24)19(16)31-13(2)28)26(18,27(17)11-23)33-15(4)30/h16-22H,1,6-11H2,2-5H3/t16-,17+,18?,19+,20-,21-,22-,23+,24-,25+,26?/m1/s1. The lowest BCUT2D eigenvalue weighted by atomic mass is 9.39. The van der Waals surface area contributed by atoms with Gasteiger partial charge in [-0.15, -0.1) is 0 Å². The zero-order chi connectivity index (χ0) is 23.3. The van der Waals surface area contributed by atoms with E-state index in [9.17, 15) is 14.4 Å². The third-order valence-corrected chi connectivity index (χ3v) is 11.3. The van der Waals surface area contributed by atoms with Gasteiger partial charge in [-0.1, -0.05) is 19.9 Å². The molecule has 3 aliphatic heterocycles. The largest absolute Gasteiger partial charge is 0.462 e. The third-order valence-electron chi connectivity index (χ3n) is 11.3. The number of rotatable bonds is 3. The maximum Gasteiger partial charge on any atom is 0.304 e. The summed E-state index contributed by atoms with van der Waals surface area (Å²) in [5.74, 6) is -0.488. The van der Waals surface area contributed by atoms with Gasteiger partial charge in [0.05, 0.1) is 0 Å². The fourth-order valence-electron chi connectivity index (χ4n) is 11.5. The van der Waals surface area contributed by atoms with Crippen LogP contribution in [0.25, 0.3) is 0 Å². The number of ether oxygens (including phenoxy) is 3. The van der Waals surface area contributed by atoms with Crippen LogP contribution in [0.3, 0.4) is 0 Å². The molecule has 6 aliphatic carbocycles. The van der Waals surface area contributed by atoms with Crippen LogP contribution < -0.4 is 0 Å². The highest BCUT2D eigenvalue weighted by atomic mass is 16.6. The molecule has 3 saturated heterocycles. The van der Waals surface area contributed by atoms with Crippen molar-refractivity contribution < 1.29 is 28.6 Å². The molecule has 0 aromatic heterocycles. The third kappa shape index (κ3) is 1.83. The number of piperidine rings is 2. The van der Waals surface area contributed by atoms with Crippen LogP contribution in [0.15, 0.2) is 12.2 Å². The van der Waals surface area contributed by atoms with Crippen molar-refractivity contribution in [3.05, 3.63) is 12.2 Å². The summed E-state index contributed by atoms with van der Waals surface area (Å²) in [5, 5.41) is 0. The van der Waals surface area contributed by atoms with E-state index < -0.39 is 17.2 Å². The van der Waals surface area contributed by atoms with Gasteiger partial charge < -0.3 is 14.2 Å². The van der Waals surface area contributed by atoms with E-state index in [1.54, 1.807) is 0 Å². The monoisotopic (exact) mass is 455 g/mol. The first kappa shape index (κ1) is 20.5. The number of nitrogens with zero attached hydrogens (tertiary/aromatic N) is 1. The molecule has 0 aromatic carbocycles. The molecule has 178 valence electrons. The van der Waals surface area contributed by atoms with Gasteiger partial charge in [0, 0.05) is 61.9 Å². The lowest BCUT2D eigenvalue weighted by Gasteiger charge is -2.66. The summed E-state index contributed by atoms with van der Waals surface area (Å²) in [7, 11) is 0. The van der Waals surface area contributed by atoms with Gasteiger partial charge in [0.25, 0.3) is 0 Å². The number of carbonyl (C=O) groups is 3. The quantitative estimate of drug-likeness (QED) is 0.368. The Balaban J connectivity index is 1.52. The minimum atomic E-state index is -0.705. The minimum Gasteiger partial charge on any atom is -0.462 e. The van der Waals surface area contributed by atoms with E-state index in [0.29, 0.717) is 12.0 Å². The Morgan fingerprint density at radius 1 is 1.03 bits per heavy atom. The van der Waals surface area contributed by atoms with E-state index >= 15 is 0 Å². The molecule has 9 fully saturated rings. The lowest BCUT2D eigenvalue weighted by Crippen LogP contribution is -2.70. The molecule has 7 nitrogen and oxygen atoms in total. The van der Waals surface area contributed by atoms with Crippen LogP contribution in [0.5, 0.6) is 0 Å². The highest BCUT2D eigenvalue weighted by Crippen LogP contribution is 2.91. The zero-order valence-electron chi connectivity index (χ0n) is 19.9. The summed E-state index contributed by atoms with van der Waals surface area (Å²) in [6.45, 7) is 12.2. The summed E-state index contributed by atoms with van der Waals surface area (Å²) in [4.78, 5) is 39.9. The van der Waals surface area contributed by atoms with Gasteiger partial charge in [-0.3, -0.25) is 19.3 Å². The Kier molecular flexibility index (Phi) is 3.52. The van der Waals surface area contributed by atoms with Crippen LogP contribution in [0, 0.1) is 39.9 Å². The van der Waals surface area contributed by atoms with Gasteiger partial charge in [-0.2, -0.15) is 0 Å². The van der Waals surface area contributed by atoms with E-state index in [1.807, 2.05) is 0 Å². The van der Waals surface area contributed by atoms with Crippen molar-refractivity contribution in [1.82, 2.24) is 4.90 Å². The molecule has 9 rings (SSSR count). The van der Waals surface area contributed by atoms with E-state index in [-0.39, 0.29) is 52.6 Å². The maximum atomic E-state index is 12.7. The second kappa shape index (κ2) is 5.67. The van der Waals surface area contributed by atoms with Crippen LogP contribution in [0.1, 0.15) is 59.8 Å². The van der Waals surface area contributed by atoms with Crippen molar-refractivity contribution in [2.75, 3.05) is 6.54 Å². The van der Waals surface area contributed by atoms with Crippen molar-refractivity contribution in [1.29, 1.82) is 0 Å². The molecule has 0 radical (unpaired) electrons. The first-order chi connectivity index (χ1) is 15.5. The molecule has 6 saturated carbocycles. The summed E-state index contributed by atoms with van der Waals surface area (Å²) >= 11 is 0. The molecule has 7 heteroatoms. The van der Waals surface area contributed by atoms with Crippen LogP contribution >= 0.6 is 0 Å². The van der Waals surface area contributed by atoms with Gasteiger partial charge in [0.2, 0.25) is 0 Å². The average molecular weight is 456 g/mol. The summed E-state index contributed by atoms with van der Waals surface area (Å²) in [5.41, 5.74) is -0.358. The molecule has 0 amide bonds. The SMILES string of the molecule is C=C1[C@H]2CC3C4(OC(C)=O)N5C[C@]6(C)CCC[C@@]47[C@@H]6[C@@H]5C[C@]3([C@@H]1OC(C)=O)[C@H]7[C@H]2OC(C)=O. The fourth-order valence-corrected chi connectivity index (χ4v) is 11.5. The Bertz CT molecular complexity index is 1040. The van der Waals surface area contributed by atoms with E-state index in [2.05, 4.69) is 18.4 Å². The van der Waals surface area contributed by atoms with E-state index in [0.717, 1.165) is 37.8 Å². The van der Waals surface area contributed by atoms with Gasteiger partial charge in [0.1, 0.15) is 12.2 Å². The van der Waals surface area contributed by atoms with Crippen LogP contribution in [-0.4, -0.2) is 53.3 Å². The second-order valence-electron chi connectivity index (χ2n) is 12.3. The van der Waals surface area contributed by atoms with Crippen molar-refractivity contribution in [3.8, 4) is 0 Å². The molecule has 0 N–H and O–H groups in total. The molecule has 33 heavy (non-hydrogen) atoms. The zero-order valence-corrected chi connectivity index (χ0v) is 19.9. The van der Waals surface area contributed by atoms with Crippen molar-refractivity contribution in [3.63, 3.8) is 0 Å². The highest BCUT2D eigenvalue weighted by molar-refractivity contribution is 5.69. The van der Waals surface area contributed by atoms with Gasteiger partial charge >= 0.3 is 17.9 Å². The first-order valence-electron chi connectivity index (χ1n) is 12.5. The van der Waals surface area contributed by atoms with Crippen molar-refractivity contribution in [2.45, 2.75) is 83.8 Å². The Hall–Kier alpha value is -1.89. The Labute approximate surface area is 194 Å². The van der Waals surface area contributed by atoms with Gasteiger partial charge in [0.15, 0.2) is 5.72 Å². The predicted octanol–water partition coefficient (Wildman–Crippen LogP) is 2.83. The maximum absolute atomic E-state index is 12.7. The highest BCUT2D eigenvalue weighted by Gasteiger charge is 2.97. The molecule has 3 unspecified atom stereocenters. The van der Waals surface area contributed by atoms with Crippen molar-refractivity contribution >= 4 is 17.9 Å². The minimum absolute atomic E-state index is 0.00183. The summed E-state index contributed by atoms with van der Waals surface area (Å²) in [6, 6.07) is 0.292. The van der Waals surface area contributed by atoms with Crippen molar-refractivity contribution in [2.24, 2.45) is 39.9 Å². The predicted molar refractivity (Wildman–Crippen MR) is 115 cm³/mol.